The molecule has 6 heteroatoms. The molecule has 0 unspecified atom stereocenters. The molecule has 2 aromatic rings. The minimum atomic E-state index is -0.880. The quantitative estimate of drug-likeness (QED) is 0.868. The number of nitrogens with zero attached hydrogens (tertiary/aromatic N) is 1. The SMILES string of the molecule is NO[C@@H]1CC[C@@H](c2cccc(F)c2F)CN(C(=O)c2ccccc2)C1. The minimum Gasteiger partial charge on any atom is -0.335 e. The third-order valence-corrected chi connectivity index (χ3v) is 4.62. The fourth-order valence-corrected chi connectivity index (χ4v) is 3.29. The predicted molar refractivity (Wildman–Crippen MR) is 89.7 cm³/mol. The van der Waals surface area contributed by atoms with Crippen molar-refractivity contribution < 1.29 is 18.4 Å². The van der Waals surface area contributed by atoms with Gasteiger partial charge >= 0.3 is 0 Å². The Balaban J connectivity index is 1.89. The first-order valence-corrected chi connectivity index (χ1v) is 8.24. The van der Waals surface area contributed by atoms with Gasteiger partial charge in [0, 0.05) is 24.6 Å². The van der Waals surface area contributed by atoms with Crippen LogP contribution in [-0.4, -0.2) is 30.0 Å². The van der Waals surface area contributed by atoms with E-state index in [9.17, 15) is 13.6 Å². The van der Waals surface area contributed by atoms with Gasteiger partial charge in [-0.05, 0) is 36.6 Å². The summed E-state index contributed by atoms with van der Waals surface area (Å²) in [5.41, 5.74) is 0.821. The Morgan fingerprint density at radius 1 is 1.04 bits per heavy atom. The third kappa shape index (κ3) is 3.86. The fourth-order valence-electron chi connectivity index (χ4n) is 3.29. The third-order valence-electron chi connectivity index (χ3n) is 4.62. The molecule has 0 aliphatic carbocycles. The van der Waals surface area contributed by atoms with Crippen molar-refractivity contribution in [3.63, 3.8) is 0 Å². The molecule has 1 aliphatic rings. The number of hydrogen-bond acceptors (Lipinski definition) is 3. The van der Waals surface area contributed by atoms with Gasteiger partial charge in [0.2, 0.25) is 0 Å². The van der Waals surface area contributed by atoms with Crippen LogP contribution >= 0.6 is 0 Å². The standard InChI is InChI=1S/C19H20F2N2O2/c20-17-8-4-7-16(18(17)21)14-9-10-15(25-22)12-23(11-14)19(24)13-5-2-1-3-6-13/h1-8,14-15H,9-12,22H2/t14-,15-/m1/s1. The summed E-state index contributed by atoms with van der Waals surface area (Å²) in [6, 6.07) is 13.0. The molecule has 2 aromatic carbocycles. The molecule has 0 aromatic heterocycles. The van der Waals surface area contributed by atoms with Crippen molar-refractivity contribution in [1.29, 1.82) is 0 Å². The highest BCUT2D eigenvalue weighted by Gasteiger charge is 2.30. The maximum absolute atomic E-state index is 14.2. The first kappa shape index (κ1) is 17.5. The molecule has 1 aliphatic heterocycles. The van der Waals surface area contributed by atoms with Crippen LogP contribution < -0.4 is 5.90 Å². The van der Waals surface area contributed by atoms with Gasteiger partial charge in [-0.2, -0.15) is 0 Å². The Hall–Kier alpha value is -2.31. The second-order valence-corrected chi connectivity index (χ2v) is 6.25. The number of nitrogens with two attached hydrogens (primary N) is 1. The molecule has 0 bridgehead atoms. The van der Waals surface area contributed by atoms with Crippen LogP contribution in [0.15, 0.2) is 48.5 Å². The summed E-state index contributed by atoms with van der Waals surface area (Å²) in [4.78, 5) is 19.4. The summed E-state index contributed by atoms with van der Waals surface area (Å²) < 4.78 is 27.8. The molecule has 1 fully saturated rings. The van der Waals surface area contributed by atoms with E-state index < -0.39 is 11.6 Å². The van der Waals surface area contributed by atoms with Crippen LogP contribution in [0.25, 0.3) is 0 Å². The summed E-state index contributed by atoms with van der Waals surface area (Å²) in [7, 11) is 0. The zero-order chi connectivity index (χ0) is 17.8. The molecule has 132 valence electrons. The summed E-state index contributed by atoms with van der Waals surface area (Å²) in [6.07, 6.45) is 0.783. The predicted octanol–water partition coefficient (Wildman–Crippen LogP) is 3.24. The normalized spacial score (nSPS) is 21.0. The van der Waals surface area contributed by atoms with E-state index in [1.165, 1.54) is 6.07 Å². The summed E-state index contributed by atoms with van der Waals surface area (Å²) in [5.74, 6) is 3.11. The van der Waals surface area contributed by atoms with Gasteiger partial charge in [-0.3, -0.25) is 9.63 Å². The first-order valence-electron chi connectivity index (χ1n) is 8.24. The average Bonchev–Trinajstić information content (AvgIpc) is 2.87. The summed E-state index contributed by atoms with van der Waals surface area (Å²) in [5, 5.41) is 0. The second-order valence-electron chi connectivity index (χ2n) is 6.25. The van der Waals surface area contributed by atoms with Gasteiger partial charge in [0.15, 0.2) is 11.6 Å². The van der Waals surface area contributed by atoms with Crippen molar-refractivity contribution in [1.82, 2.24) is 4.90 Å². The molecule has 1 heterocycles. The van der Waals surface area contributed by atoms with Crippen LogP contribution in [0.1, 0.15) is 34.7 Å². The van der Waals surface area contributed by atoms with Crippen molar-refractivity contribution in [3.05, 3.63) is 71.3 Å². The fraction of sp³-hybridized carbons (Fsp3) is 0.316. The smallest absolute Gasteiger partial charge is 0.253 e. The molecule has 0 radical (unpaired) electrons. The molecule has 2 N–H and O–H groups in total. The molecule has 3 rings (SSSR count). The van der Waals surface area contributed by atoms with E-state index in [0.29, 0.717) is 24.9 Å². The van der Waals surface area contributed by atoms with E-state index in [2.05, 4.69) is 0 Å². The van der Waals surface area contributed by atoms with E-state index in [4.69, 9.17) is 10.7 Å². The lowest BCUT2D eigenvalue weighted by atomic mass is 9.93. The van der Waals surface area contributed by atoms with Crippen molar-refractivity contribution in [2.75, 3.05) is 13.1 Å². The Bertz CT molecular complexity index is 739. The number of carbonyl (C=O) groups excluding carboxylic acids is 1. The first-order chi connectivity index (χ1) is 12.1. The molecule has 4 nitrogen and oxygen atoms in total. The number of hydrogen-bond donors (Lipinski definition) is 1. The lowest BCUT2D eigenvalue weighted by molar-refractivity contribution is 0.0262. The van der Waals surface area contributed by atoms with Crippen LogP contribution in [0.5, 0.6) is 0 Å². The van der Waals surface area contributed by atoms with Crippen LogP contribution in [0, 0.1) is 11.6 Å². The van der Waals surface area contributed by atoms with Gasteiger partial charge < -0.3 is 4.90 Å². The lowest BCUT2D eigenvalue weighted by Crippen LogP contribution is -2.39. The van der Waals surface area contributed by atoms with Crippen LogP contribution in [0.2, 0.25) is 0 Å². The number of carbonyl (C=O) groups is 1. The van der Waals surface area contributed by atoms with Gasteiger partial charge in [-0.15, -0.1) is 0 Å². The topological polar surface area (TPSA) is 55.6 Å². The molecule has 0 spiro atoms. The van der Waals surface area contributed by atoms with E-state index in [1.54, 1.807) is 35.2 Å². The van der Waals surface area contributed by atoms with Crippen LogP contribution in [0.4, 0.5) is 8.78 Å². The average molecular weight is 346 g/mol. The van der Waals surface area contributed by atoms with Crippen molar-refractivity contribution in [2.24, 2.45) is 5.90 Å². The molecule has 25 heavy (non-hydrogen) atoms. The Morgan fingerprint density at radius 3 is 2.52 bits per heavy atom. The molecule has 1 saturated heterocycles. The highest BCUT2D eigenvalue weighted by molar-refractivity contribution is 5.94. The largest absolute Gasteiger partial charge is 0.335 e. The Kier molecular flexibility index (Phi) is 5.40. The molecule has 2 atom stereocenters. The van der Waals surface area contributed by atoms with Crippen molar-refractivity contribution in [3.8, 4) is 0 Å². The van der Waals surface area contributed by atoms with E-state index in [-0.39, 0.29) is 30.0 Å². The van der Waals surface area contributed by atoms with Crippen LogP contribution in [-0.2, 0) is 4.84 Å². The zero-order valence-corrected chi connectivity index (χ0v) is 13.7. The molecular weight excluding hydrogens is 326 g/mol. The monoisotopic (exact) mass is 346 g/mol. The van der Waals surface area contributed by atoms with Crippen molar-refractivity contribution in [2.45, 2.75) is 24.9 Å². The Labute approximate surface area is 145 Å². The number of halogens is 2. The summed E-state index contributed by atoms with van der Waals surface area (Å²) in [6.45, 7) is 0.603. The second kappa shape index (κ2) is 7.72. The van der Waals surface area contributed by atoms with Gasteiger partial charge in [0.25, 0.3) is 5.91 Å². The Morgan fingerprint density at radius 2 is 1.80 bits per heavy atom. The lowest BCUT2D eigenvalue weighted by Gasteiger charge is -2.26. The number of amides is 1. The van der Waals surface area contributed by atoms with Crippen LogP contribution in [0.3, 0.4) is 0 Å². The zero-order valence-electron chi connectivity index (χ0n) is 13.7. The van der Waals surface area contributed by atoms with Gasteiger partial charge in [0.1, 0.15) is 0 Å². The van der Waals surface area contributed by atoms with Gasteiger partial charge in [-0.25, -0.2) is 14.7 Å². The van der Waals surface area contributed by atoms with Crippen molar-refractivity contribution >= 4 is 5.91 Å². The van der Waals surface area contributed by atoms with E-state index in [0.717, 1.165) is 6.07 Å². The summed E-state index contributed by atoms with van der Waals surface area (Å²) >= 11 is 0. The van der Waals surface area contributed by atoms with Gasteiger partial charge in [0.05, 0.1) is 6.10 Å². The van der Waals surface area contributed by atoms with E-state index in [1.807, 2.05) is 6.07 Å². The van der Waals surface area contributed by atoms with E-state index >= 15 is 0 Å². The maximum Gasteiger partial charge on any atom is 0.253 e. The van der Waals surface area contributed by atoms with Gasteiger partial charge in [-0.1, -0.05) is 30.3 Å². The number of benzene rings is 2. The number of rotatable bonds is 3. The molecular formula is C19H20F2N2O2. The molecule has 0 saturated carbocycles. The minimum absolute atomic E-state index is 0.175. The highest BCUT2D eigenvalue weighted by atomic mass is 19.2. The maximum atomic E-state index is 14.2. The highest BCUT2D eigenvalue weighted by Crippen LogP contribution is 2.30. The number of likely N-dealkylation sites (tertiary alicyclic amines) is 1. The molecule has 1 amide bonds.